The Morgan fingerprint density at radius 1 is 1.00 bits per heavy atom. The van der Waals surface area contributed by atoms with E-state index in [1.165, 1.54) is 24.9 Å². The van der Waals surface area contributed by atoms with Crippen LogP contribution in [0.15, 0.2) is 67.0 Å². The zero-order valence-electron chi connectivity index (χ0n) is 16.5. The van der Waals surface area contributed by atoms with Gasteiger partial charge >= 0.3 is 0 Å². The lowest BCUT2D eigenvalue weighted by atomic mass is 10.1. The van der Waals surface area contributed by atoms with Gasteiger partial charge in [0.1, 0.15) is 17.8 Å². The van der Waals surface area contributed by atoms with E-state index >= 15 is 0 Å². The van der Waals surface area contributed by atoms with Crippen LogP contribution in [0.4, 0.5) is 17.2 Å². The SMILES string of the molecule is CC(Nc1cc(C(=O)Nc2ccc(N3CCCC3)cc2)ncn1)c1ccccc1. The average molecular weight is 387 g/mol. The number of hydrogen-bond acceptors (Lipinski definition) is 5. The highest BCUT2D eigenvalue weighted by Gasteiger charge is 2.14. The predicted molar refractivity (Wildman–Crippen MR) is 116 cm³/mol. The third kappa shape index (κ3) is 4.71. The number of anilines is 3. The Bertz CT molecular complexity index is 953. The van der Waals surface area contributed by atoms with Crippen LogP contribution < -0.4 is 15.5 Å². The quantitative estimate of drug-likeness (QED) is 0.652. The van der Waals surface area contributed by atoms with Gasteiger partial charge in [0.15, 0.2) is 0 Å². The van der Waals surface area contributed by atoms with Crippen LogP contribution in [-0.4, -0.2) is 29.0 Å². The Hall–Kier alpha value is -3.41. The number of nitrogens with zero attached hydrogens (tertiary/aromatic N) is 3. The van der Waals surface area contributed by atoms with E-state index in [0.29, 0.717) is 11.5 Å². The van der Waals surface area contributed by atoms with Gasteiger partial charge in [0.2, 0.25) is 0 Å². The first-order chi connectivity index (χ1) is 14.2. The van der Waals surface area contributed by atoms with Gasteiger partial charge in [-0.3, -0.25) is 4.79 Å². The van der Waals surface area contributed by atoms with Gasteiger partial charge in [0.25, 0.3) is 5.91 Å². The summed E-state index contributed by atoms with van der Waals surface area (Å²) in [6.07, 6.45) is 3.89. The molecule has 4 rings (SSSR count). The molecular formula is C23H25N5O. The first-order valence-electron chi connectivity index (χ1n) is 9.99. The summed E-state index contributed by atoms with van der Waals surface area (Å²) in [4.78, 5) is 23.4. The monoisotopic (exact) mass is 387 g/mol. The van der Waals surface area contributed by atoms with Gasteiger partial charge in [0, 0.05) is 36.6 Å². The maximum Gasteiger partial charge on any atom is 0.274 e. The molecule has 3 aromatic rings. The van der Waals surface area contributed by atoms with Crippen molar-refractivity contribution < 1.29 is 4.79 Å². The lowest BCUT2D eigenvalue weighted by Gasteiger charge is -2.18. The van der Waals surface area contributed by atoms with Gasteiger partial charge < -0.3 is 15.5 Å². The summed E-state index contributed by atoms with van der Waals surface area (Å²) in [7, 11) is 0. The molecule has 148 valence electrons. The molecule has 6 nitrogen and oxygen atoms in total. The van der Waals surface area contributed by atoms with Crippen molar-refractivity contribution in [3.8, 4) is 0 Å². The van der Waals surface area contributed by atoms with E-state index < -0.39 is 0 Å². The number of aromatic nitrogens is 2. The maximum absolute atomic E-state index is 12.6. The standard InChI is InChI=1S/C23H25N5O/c1-17(18-7-3-2-4-8-18)26-22-15-21(24-16-25-22)23(29)27-19-9-11-20(12-10-19)28-13-5-6-14-28/h2-4,7-12,15-17H,5-6,13-14H2,1H3,(H,27,29)(H,24,25,26). The number of carbonyl (C=O) groups excluding carboxylic acids is 1. The normalized spacial score (nSPS) is 14.4. The van der Waals surface area contributed by atoms with Gasteiger partial charge in [-0.25, -0.2) is 9.97 Å². The van der Waals surface area contributed by atoms with Gasteiger partial charge in [-0.15, -0.1) is 0 Å². The summed E-state index contributed by atoms with van der Waals surface area (Å²) in [6.45, 7) is 4.26. The summed E-state index contributed by atoms with van der Waals surface area (Å²) < 4.78 is 0. The summed E-state index contributed by atoms with van der Waals surface area (Å²) >= 11 is 0. The van der Waals surface area contributed by atoms with Crippen LogP contribution in [-0.2, 0) is 0 Å². The van der Waals surface area contributed by atoms with Crippen molar-refractivity contribution >= 4 is 23.1 Å². The highest BCUT2D eigenvalue weighted by atomic mass is 16.1. The Labute approximate surface area is 171 Å². The van der Waals surface area contributed by atoms with Gasteiger partial charge in [-0.2, -0.15) is 0 Å². The largest absolute Gasteiger partial charge is 0.372 e. The van der Waals surface area contributed by atoms with Crippen LogP contribution in [0.2, 0.25) is 0 Å². The van der Waals surface area contributed by atoms with Crippen LogP contribution in [0.5, 0.6) is 0 Å². The summed E-state index contributed by atoms with van der Waals surface area (Å²) in [5.41, 5.74) is 3.43. The van der Waals surface area contributed by atoms with Crippen molar-refractivity contribution in [3.63, 3.8) is 0 Å². The van der Waals surface area contributed by atoms with Gasteiger partial charge in [-0.1, -0.05) is 30.3 Å². The molecule has 2 aromatic carbocycles. The number of benzene rings is 2. The molecule has 2 N–H and O–H groups in total. The van der Waals surface area contributed by atoms with Gasteiger partial charge in [-0.05, 0) is 49.6 Å². The van der Waals surface area contributed by atoms with E-state index in [2.05, 4.69) is 56.7 Å². The molecule has 1 aliphatic rings. The van der Waals surface area contributed by atoms with Gasteiger partial charge in [0.05, 0.1) is 0 Å². The highest BCUT2D eigenvalue weighted by Crippen LogP contribution is 2.22. The molecule has 1 fully saturated rings. The molecule has 6 heteroatoms. The number of nitrogens with one attached hydrogen (secondary N) is 2. The molecule has 1 saturated heterocycles. The second-order valence-electron chi connectivity index (χ2n) is 7.26. The van der Waals surface area contributed by atoms with E-state index in [1.807, 2.05) is 30.3 Å². The zero-order chi connectivity index (χ0) is 20.1. The molecule has 0 radical (unpaired) electrons. The number of hydrogen-bond donors (Lipinski definition) is 2. The number of amides is 1. The minimum atomic E-state index is -0.253. The molecule has 1 amide bonds. The lowest BCUT2D eigenvalue weighted by molar-refractivity contribution is 0.102. The maximum atomic E-state index is 12.6. The fourth-order valence-electron chi connectivity index (χ4n) is 3.53. The minimum Gasteiger partial charge on any atom is -0.372 e. The second-order valence-corrected chi connectivity index (χ2v) is 7.26. The smallest absolute Gasteiger partial charge is 0.274 e. The summed E-state index contributed by atoms with van der Waals surface area (Å²) in [6, 6.07) is 19.8. The lowest BCUT2D eigenvalue weighted by Crippen LogP contribution is -2.18. The molecule has 1 aromatic heterocycles. The molecule has 0 spiro atoms. The Morgan fingerprint density at radius 2 is 1.72 bits per heavy atom. The van der Waals surface area contributed by atoms with Crippen LogP contribution in [0.1, 0.15) is 41.9 Å². The topological polar surface area (TPSA) is 70.2 Å². The first kappa shape index (κ1) is 18.9. The molecule has 2 heterocycles. The van der Waals surface area contributed by atoms with E-state index in [9.17, 15) is 4.79 Å². The van der Waals surface area contributed by atoms with Crippen molar-refractivity contribution in [2.24, 2.45) is 0 Å². The third-order valence-electron chi connectivity index (χ3n) is 5.16. The number of rotatable bonds is 6. The van der Waals surface area contributed by atoms with Crippen LogP contribution in [0.3, 0.4) is 0 Å². The van der Waals surface area contributed by atoms with Crippen molar-refractivity contribution in [1.29, 1.82) is 0 Å². The van der Waals surface area contributed by atoms with Crippen molar-refractivity contribution in [1.82, 2.24) is 9.97 Å². The molecular weight excluding hydrogens is 362 g/mol. The van der Waals surface area contributed by atoms with Crippen LogP contribution in [0, 0.1) is 0 Å². The average Bonchev–Trinajstić information content (AvgIpc) is 3.30. The Morgan fingerprint density at radius 3 is 2.45 bits per heavy atom. The Kier molecular flexibility index (Phi) is 5.70. The molecule has 1 aliphatic heterocycles. The van der Waals surface area contributed by atoms with E-state index in [0.717, 1.165) is 24.3 Å². The molecule has 0 bridgehead atoms. The zero-order valence-corrected chi connectivity index (χ0v) is 16.5. The molecule has 1 atom stereocenters. The fourth-order valence-corrected chi connectivity index (χ4v) is 3.53. The summed E-state index contributed by atoms with van der Waals surface area (Å²) in [5, 5.41) is 6.23. The fraction of sp³-hybridized carbons (Fsp3) is 0.261. The molecule has 29 heavy (non-hydrogen) atoms. The van der Waals surface area contributed by atoms with E-state index in [1.54, 1.807) is 6.07 Å². The minimum absolute atomic E-state index is 0.0696. The van der Waals surface area contributed by atoms with E-state index in [4.69, 9.17) is 0 Å². The van der Waals surface area contributed by atoms with E-state index in [-0.39, 0.29) is 11.9 Å². The Balaban J connectivity index is 1.40. The first-order valence-corrected chi connectivity index (χ1v) is 9.99. The van der Waals surface area contributed by atoms with Crippen LogP contribution in [0.25, 0.3) is 0 Å². The molecule has 0 saturated carbocycles. The van der Waals surface area contributed by atoms with Crippen LogP contribution >= 0.6 is 0 Å². The van der Waals surface area contributed by atoms with Crippen molar-refractivity contribution in [3.05, 3.63) is 78.2 Å². The van der Waals surface area contributed by atoms with Crippen molar-refractivity contribution in [2.75, 3.05) is 28.6 Å². The third-order valence-corrected chi connectivity index (χ3v) is 5.16. The molecule has 1 unspecified atom stereocenters. The number of carbonyl (C=O) groups is 1. The highest BCUT2D eigenvalue weighted by molar-refractivity contribution is 6.03. The second kappa shape index (κ2) is 8.73. The predicted octanol–water partition coefficient (Wildman–Crippen LogP) is 4.50. The summed E-state index contributed by atoms with van der Waals surface area (Å²) in [5.74, 6) is 0.364. The molecule has 0 aliphatic carbocycles. The van der Waals surface area contributed by atoms with Crippen molar-refractivity contribution in [2.45, 2.75) is 25.8 Å².